The number of anilines is 1. The van der Waals surface area contributed by atoms with Crippen molar-refractivity contribution in [3.05, 3.63) is 24.3 Å². The van der Waals surface area contributed by atoms with E-state index in [1.807, 2.05) is 61.8 Å². The van der Waals surface area contributed by atoms with E-state index in [0.717, 1.165) is 37.6 Å². The summed E-state index contributed by atoms with van der Waals surface area (Å²) in [7, 11) is 0. The van der Waals surface area contributed by atoms with Crippen LogP contribution in [0.4, 0.5) is 11.4 Å². The van der Waals surface area contributed by atoms with Crippen molar-refractivity contribution in [1.29, 1.82) is 0 Å². The van der Waals surface area contributed by atoms with E-state index < -0.39 is 0 Å². The third-order valence-corrected chi connectivity index (χ3v) is 3.99. The Morgan fingerprint density at radius 3 is 2.00 bits per heavy atom. The molecule has 138 valence electrons. The van der Waals surface area contributed by atoms with E-state index in [1.54, 1.807) is 0 Å². The molecule has 0 saturated heterocycles. The monoisotopic (exact) mass is 364 g/mol. The van der Waals surface area contributed by atoms with Crippen molar-refractivity contribution < 1.29 is 9.53 Å². The molecule has 0 heterocycles. The molecule has 0 unspecified atom stereocenters. The Morgan fingerprint density at radius 1 is 1.04 bits per heavy atom. The summed E-state index contributed by atoms with van der Waals surface area (Å²) in [5.74, 6) is -0.104. The first-order valence-corrected chi connectivity index (χ1v) is 9.03. The second-order valence-electron chi connectivity index (χ2n) is 5.33. The van der Waals surface area contributed by atoms with Crippen LogP contribution >= 0.6 is 12.2 Å². The van der Waals surface area contributed by atoms with E-state index in [2.05, 4.69) is 10.3 Å². The van der Waals surface area contributed by atoms with Crippen LogP contribution in [0.2, 0.25) is 0 Å². The van der Waals surface area contributed by atoms with Crippen LogP contribution in [0.25, 0.3) is 0 Å². The van der Waals surface area contributed by atoms with Crippen LogP contribution in [-0.4, -0.2) is 53.1 Å². The van der Waals surface area contributed by atoms with E-state index in [4.69, 9.17) is 17.0 Å². The van der Waals surface area contributed by atoms with Gasteiger partial charge in [-0.3, -0.25) is 4.79 Å². The van der Waals surface area contributed by atoms with Gasteiger partial charge < -0.3 is 19.9 Å². The normalized spacial score (nSPS) is 11.0. The van der Waals surface area contributed by atoms with Crippen molar-refractivity contribution in [3.8, 4) is 0 Å². The molecule has 7 heteroatoms. The molecule has 0 atom stereocenters. The number of hydrogen-bond acceptors (Lipinski definition) is 4. The van der Waals surface area contributed by atoms with Crippen molar-refractivity contribution in [2.24, 2.45) is 4.99 Å². The summed E-state index contributed by atoms with van der Waals surface area (Å²) in [5, 5.41) is 3.16. The summed E-state index contributed by atoms with van der Waals surface area (Å²) in [5.41, 5.74) is 1.47. The maximum absolute atomic E-state index is 11.1. The Labute approximate surface area is 155 Å². The van der Waals surface area contributed by atoms with E-state index in [-0.39, 0.29) is 5.91 Å². The Kier molecular flexibility index (Phi) is 8.91. The van der Waals surface area contributed by atoms with Crippen LogP contribution in [0.15, 0.2) is 29.3 Å². The fourth-order valence-corrected chi connectivity index (χ4v) is 2.54. The van der Waals surface area contributed by atoms with Gasteiger partial charge in [0.25, 0.3) is 11.2 Å². The smallest absolute Gasteiger partial charge is 0.300 e. The molecule has 0 spiro atoms. The molecule has 0 radical (unpaired) electrons. The number of carbonyl (C=O) groups excluding carboxylic acids is 1. The molecule has 0 aromatic heterocycles. The zero-order valence-corrected chi connectivity index (χ0v) is 16.5. The fraction of sp³-hybridized carbons (Fsp3) is 0.500. The number of hydrogen-bond donors (Lipinski definition) is 1. The van der Waals surface area contributed by atoms with Gasteiger partial charge in [0.05, 0.1) is 5.69 Å². The standard InChI is InChI=1S/C18H28N4O2S/c1-6-21(7-2)17(24-18(25)22(8-3)9-4)20-16-12-10-15(11-13-16)19-14(5)23/h10-13H,6-9H2,1-5H3,(H,19,23). The van der Waals surface area contributed by atoms with E-state index in [9.17, 15) is 4.79 Å². The molecule has 1 aromatic carbocycles. The summed E-state index contributed by atoms with van der Waals surface area (Å²) in [4.78, 5) is 19.7. The highest BCUT2D eigenvalue weighted by Gasteiger charge is 2.15. The number of thiocarbonyl (C=S) groups is 1. The fourth-order valence-electron chi connectivity index (χ4n) is 2.21. The average Bonchev–Trinajstić information content (AvgIpc) is 2.58. The molecule has 1 N–H and O–H groups in total. The molecular formula is C18H28N4O2S. The van der Waals surface area contributed by atoms with Gasteiger partial charge in [-0.15, -0.1) is 0 Å². The molecule has 25 heavy (non-hydrogen) atoms. The van der Waals surface area contributed by atoms with E-state index >= 15 is 0 Å². The lowest BCUT2D eigenvalue weighted by Gasteiger charge is -2.26. The highest BCUT2D eigenvalue weighted by molar-refractivity contribution is 7.80. The van der Waals surface area contributed by atoms with Crippen molar-refractivity contribution in [2.75, 3.05) is 31.5 Å². The second-order valence-corrected chi connectivity index (χ2v) is 5.68. The minimum Gasteiger partial charge on any atom is -0.398 e. The van der Waals surface area contributed by atoms with Crippen molar-refractivity contribution >= 4 is 40.7 Å². The number of rotatable bonds is 6. The largest absolute Gasteiger partial charge is 0.398 e. The highest BCUT2D eigenvalue weighted by atomic mass is 32.1. The molecule has 0 aliphatic heterocycles. The van der Waals surface area contributed by atoms with Gasteiger partial charge >= 0.3 is 0 Å². The van der Waals surface area contributed by atoms with Gasteiger partial charge in [-0.2, -0.15) is 4.99 Å². The Hall–Kier alpha value is -2.15. The lowest BCUT2D eigenvalue weighted by molar-refractivity contribution is -0.114. The summed E-state index contributed by atoms with van der Waals surface area (Å²) in [6.45, 7) is 12.7. The zero-order chi connectivity index (χ0) is 18.8. The predicted molar refractivity (Wildman–Crippen MR) is 107 cm³/mol. The average molecular weight is 365 g/mol. The van der Waals surface area contributed by atoms with Crippen LogP contribution in [0.5, 0.6) is 0 Å². The highest BCUT2D eigenvalue weighted by Crippen LogP contribution is 2.18. The third-order valence-electron chi connectivity index (χ3n) is 3.65. The van der Waals surface area contributed by atoms with Crippen molar-refractivity contribution in [3.63, 3.8) is 0 Å². The number of carbonyl (C=O) groups is 1. The van der Waals surface area contributed by atoms with Crippen molar-refractivity contribution in [1.82, 2.24) is 9.80 Å². The lowest BCUT2D eigenvalue weighted by atomic mass is 10.3. The summed E-state index contributed by atoms with van der Waals surface area (Å²) in [6, 6.07) is 7.76. The maximum atomic E-state index is 11.1. The maximum Gasteiger partial charge on any atom is 0.300 e. The molecule has 0 aliphatic carbocycles. The zero-order valence-electron chi connectivity index (χ0n) is 15.7. The second kappa shape index (κ2) is 10.7. The topological polar surface area (TPSA) is 57.2 Å². The molecular weight excluding hydrogens is 336 g/mol. The van der Waals surface area contributed by atoms with Gasteiger partial charge in [0, 0.05) is 38.8 Å². The lowest BCUT2D eigenvalue weighted by Crippen LogP contribution is -2.39. The number of ether oxygens (including phenoxy) is 1. The third kappa shape index (κ3) is 6.70. The molecule has 1 rings (SSSR count). The summed E-state index contributed by atoms with van der Waals surface area (Å²) in [6.07, 6.45) is 0. The number of amidine groups is 1. The summed E-state index contributed by atoms with van der Waals surface area (Å²) >= 11 is 5.40. The number of amides is 1. The molecule has 1 amide bonds. The van der Waals surface area contributed by atoms with Crippen LogP contribution in [-0.2, 0) is 9.53 Å². The predicted octanol–water partition coefficient (Wildman–Crippen LogP) is 3.62. The van der Waals surface area contributed by atoms with Crippen LogP contribution in [0, 0.1) is 0 Å². The number of nitrogens with zero attached hydrogens (tertiary/aromatic N) is 3. The first-order chi connectivity index (χ1) is 11.9. The SMILES string of the molecule is CCN(CC)C(=S)OC(=Nc1ccc(NC(C)=O)cc1)N(CC)CC. The summed E-state index contributed by atoms with van der Waals surface area (Å²) < 4.78 is 5.90. The van der Waals surface area contributed by atoms with Gasteiger partial charge in [0.1, 0.15) is 0 Å². The van der Waals surface area contributed by atoms with Gasteiger partial charge in [0.15, 0.2) is 0 Å². The number of benzene rings is 1. The van der Waals surface area contributed by atoms with Crippen LogP contribution < -0.4 is 5.32 Å². The Morgan fingerprint density at radius 2 is 1.56 bits per heavy atom. The molecule has 0 bridgehead atoms. The van der Waals surface area contributed by atoms with E-state index in [0.29, 0.717) is 11.2 Å². The number of aliphatic imine (C=N–C) groups is 1. The Bertz CT molecular complexity index is 594. The first kappa shape index (κ1) is 20.9. The van der Waals surface area contributed by atoms with Gasteiger partial charge in [-0.25, -0.2) is 0 Å². The molecule has 0 fully saturated rings. The molecule has 6 nitrogen and oxygen atoms in total. The van der Waals surface area contributed by atoms with Gasteiger partial charge in [0.2, 0.25) is 5.91 Å². The number of nitrogens with one attached hydrogen (secondary N) is 1. The van der Waals surface area contributed by atoms with Gasteiger partial charge in [-0.1, -0.05) is 0 Å². The molecule has 0 saturated carbocycles. The van der Waals surface area contributed by atoms with Crippen molar-refractivity contribution in [2.45, 2.75) is 34.6 Å². The molecule has 0 aliphatic rings. The van der Waals surface area contributed by atoms with Gasteiger partial charge in [-0.05, 0) is 64.2 Å². The van der Waals surface area contributed by atoms with Crippen LogP contribution in [0.1, 0.15) is 34.6 Å². The molecule has 1 aromatic rings. The minimum atomic E-state index is -0.104. The Balaban J connectivity index is 3.04. The van der Waals surface area contributed by atoms with E-state index in [1.165, 1.54) is 6.92 Å². The first-order valence-electron chi connectivity index (χ1n) is 8.63. The minimum absolute atomic E-state index is 0.104. The van der Waals surface area contributed by atoms with Crippen LogP contribution in [0.3, 0.4) is 0 Å². The quantitative estimate of drug-likeness (QED) is 0.475.